The van der Waals surface area contributed by atoms with Crippen LogP contribution in [0.1, 0.15) is 5.01 Å². The van der Waals surface area contributed by atoms with Crippen molar-refractivity contribution in [2.45, 2.75) is 6.54 Å². The van der Waals surface area contributed by atoms with Crippen LogP contribution in [0.25, 0.3) is 9.88 Å². The van der Waals surface area contributed by atoms with E-state index in [1.807, 2.05) is 11.4 Å². The summed E-state index contributed by atoms with van der Waals surface area (Å²) in [5.41, 5.74) is 0. The molecule has 4 nitrogen and oxygen atoms in total. The fourth-order valence-electron chi connectivity index (χ4n) is 1.23. The number of hydrogen-bond donors (Lipinski definition) is 1. The summed E-state index contributed by atoms with van der Waals surface area (Å²) in [6.45, 7) is 2.22. The first-order valence-electron chi connectivity index (χ1n) is 5.06. The summed E-state index contributed by atoms with van der Waals surface area (Å²) in [5.74, 6) is 0. The van der Waals surface area contributed by atoms with Crippen molar-refractivity contribution in [3.63, 3.8) is 0 Å². The third kappa shape index (κ3) is 3.46. The summed E-state index contributed by atoms with van der Waals surface area (Å²) in [6, 6.07) is 1.87. The first-order chi connectivity index (χ1) is 8.31. The van der Waals surface area contributed by atoms with E-state index in [1.165, 1.54) is 0 Å². The fraction of sp³-hybridized carbons (Fsp3) is 0.400. The highest BCUT2D eigenvalue weighted by molar-refractivity contribution is 7.21. The van der Waals surface area contributed by atoms with Crippen molar-refractivity contribution >= 4 is 34.3 Å². The third-order valence-corrected chi connectivity index (χ3v) is 4.46. The Morgan fingerprint density at radius 2 is 2.35 bits per heavy atom. The van der Waals surface area contributed by atoms with Gasteiger partial charge in [0, 0.05) is 20.2 Å². The minimum absolute atomic E-state index is 0.697. The summed E-state index contributed by atoms with van der Waals surface area (Å²) in [4.78, 5) is 0.993. The SMILES string of the molecule is COCCNCc1nnc(-c2sccc2Cl)s1. The maximum absolute atomic E-state index is 6.05. The van der Waals surface area contributed by atoms with E-state index in [4.69, 9.17) is 16.3 Å². The molecule has 17 heavy (non-hydrogen) atoms. The summed E-state index contributed by atoms with van der Waals surface area (Å²) in [6.07, 6.45) is 0. The molecule has 0 bridgehead atoms. The average molecular weight is 290 g/mol. The Kier molecular flexibility index (Phi) is 4.87. The second-order valence-electron chi connectivity index (χ2n) is 3.27. The first kappa shape index (κ1) is 12.9. The van der Waals surface area contributed by atoms with Gasteiger partial charge in [-0.3, -0.25) is 0 Å². The Morgan fingerprint density at radius 1 is 1.47 bits per heavy atom. The van der Waals surface area contributed by atoms with Gasteiger partial charge in [0.15, 0.2) is 5.01 Å². The Hall–Kier alpha value is -0.530. The van der Waals surface area contributed by atoms with Gasteiger partial charge in [-0.1, -0.05) is 22.9 Å². The van der Waals surface area contributed by atoms with Gasteiger partial charge in [-0.25, -0.2) is 0 Å². The zero-order chi connectivity index (χ0) is 12.1. The highest BCUT2D eigenvalue weighted by atomic mass is 35.5. The van der Waals surface area contributed by atoms with Gasteiger partial charge >= 0.3 is 0 Å². The van der Waals surface area contributed by atoms with Crippen molar-refractivity contribution in [3.05, 3.63) is 21.5 Å². The standard InChI is InChI=1S/C10H12ClN3OS2/c1-15-4-3-12-6-8-13-14-10(17-8)9-7(11)2-5-16-9/h2,5,12H,3-4,6H2,1H3. The lowest BCUT2D eigenvalue weighted by Crippen LogP contribution is -2.18. The Balaban J connectivity index is 1.95. The topological polar surface area (TPSA) is 47.0 Å². The van der Waals surface area contributed by atoms with Crippen LogP contribution in [0.15, 0.2) is 11.4 Å². The maximum Gasteiger partial charge on any atom is 0.159 e. The van der Waals surface area contributed by atoms with E-state index < -0.39 is 0 Å². The monoisotopic (exact) mass is 289 g/mol. The molecule has 2 aromatic rings. The largest absolute Gasteiger partial charge is 0.383 e. The molecule has 0 amide bonds. The van der Waals surface area contributed by atoms with Crippen molar-refractivity contribution in [1.29, 1.82) is 0 Å². The van der Waals surface area contributed by atoms with Gasteiger partial charge in [0.25, 0.3) is 0 Å². The van der Waals surface area contributed by atoms with E-state index in [9.17, 15) is 0 Å². The summed E-state index contributed by atoms with van der Waals surface area (Å²) in [7, 11) is 1.68. The van der Waals surface area contributed by atoms with Crippen molar-refractivity contribution in [2.75, 3.05) is 20.3 Å². The van der Waals surface area contributed by atoms with Gasteiger partial charge < -0.3 is 10.1 Å². The first-order valence-corrected chi connectivity index (χ1v) is 7.14. The molecule has 2 heterocycles. The summed E-state index contributed by atoms with van der Waals surface area (Å²) >= 11 is 9.19. The Morgan fingerprint density at radius 3 is 3.06 bits per heavy atom. The molecule has 0 radical (unpaired) electrons. The van der Waals surface area contributed by atoms with E-state index in [2.05, 4.69) is 15.5 Å². The second kappa shape index (κ2) is 6.42. The van der Waals surface area contributed by atoms with Gasteiger partial charge in [0.1, 0.15) is 5.01 Å². The predicted molar refractivity (Wildman–Crippen MR) is 71.8 cm³/mol. The fourth-order valence-corrected chi connectivity index (χ4v) is 3.34. The van der Waals surface area contributed by atoms with Crippen LogP contribution < -0.4 is 5.32 Å². The Labute approximate surface area is 113 Å². The van der Waals surface area contributed by atoms with Crippen molar-refractivity contribution in [3.8, 4) is 9.88 Å². The molecule has 0 spiro atoms. The molecule has 0 aromatic carbocycles. The molecule has 2 rings (SSSR count). The van der Waals surface area contributed by atoms with Gasteiger partial charge in [-0.2, -0.15) is 0 Å². The van der Waals surface area contributed by atoms with E-state index in [0.717, 1.165) is 26.5 Å². The van der Waals surface area contributed by atoms with Crippen LogP contribution in [0.2, 0.25) is 5.02 Å². The molecule has 1 N–H and O–H groups in total. The van der Waals surface area contributed by atoms with Gasteiger partial charge in [0.2, 0.25) is 0 Å². The molecule has 92 valence electrons. The van der Waals surface area contributed by atoms with E-state index >= 15 is 0 Å². The number of nitrogens with one attached hydrogen (secondary N) is 1. The van der Waals surface area contributed by atoms with Crippen LogP contribution in [-0.4, -0.2) is 30.5 Å². The summed E-state index contributed by atoms with van der Waals surface area (Å²) < 4.78 is 4.95. The highest BCUT2D eigenvalue weighted by Crippen LogP contribution is 2.34. The zero-order valence-electron chi connectivity index (χ0n) is 9.27. The molecule has 0 aliphatic heterocycles. The lowest BCUT2D eigenvalue weighted by molar-refractivity contribution is 0.199. The van der Waals surface area contributed by atoms with E-state index in [0.29, 0.717) is 13.2 Å². The van der Waals surface area contributed by atoms with Crippen LogP contribution in [0.3, 0.4) is 0 Å². The number of aromatic nitrogens is 2. The number of nitrogens with zero attached hydrogens (tertiary/aromatic N) is 2. The van der Waals surface area contributed by atoms with Crippen LogP contribution in [-0.2, 0) is 11.3 Å². The normalized spacial score (nSPS) is 10.9. The molecule has 0 unspecified atom stereocenters. The molecule has 7 heteroatoms. The molecular formula is C10H12ClN3OS2. The molecule has 0 aliphatic carbocycles. The van der Waals surface area contributed by atoms with Crippen LogP contribution >= 0.6 is 34.3 Å². The number of hydrogen-bond acceptors (Lipinski definition) is 6. The van der Waals surface area contributed by atoms with Crippen LogP contribution in [0.4, 0.5) is 0 Å². The molecule has 0 saturated carbocycles. The van der Waals surface area contributed by atoms with Crippen LogP contribution in [0, 0.1) is 0 Å². The van der Waals surface area contributed by atoms with E-state index in [1.54, 1.807) is 29.8 Å². The third-order valence-electron chi connectivity index (χ3n) is 2.04. The second-order valence-corrected chi connectivity index (χ2v) is 5.65. The van der Waals surface area contributed by atoms with E-state index in [-0.39, 0.29) is 0 Å². The van der Waals surface area contributed by atoms with Gasteiger partial charge in [-0.15, -0.1) is 21.5 Å². The molecule has 0 aliphatic rings. The van der Waals surface area contributed by atoms with Crippen molar-refractivity contribution in [1.82, 2.24) is 15.5 Å². The molecule has 0 atom stereocenters. The lowest BCUT2D eigenvalue weighted by atomic mass is 10.5. The number of rotatable bonds is 6. The van der Waals surface area contributed by atoms with Gasteiger partial charge in [0.05, 0.1) is 16.5 Å². The maximum atomic E-state index is 6.05. The average Bonchev–Trinajstić information content (AvgIpc) is 2.93. The minimum Gasteiger partial charge on any atom is -0.383 e. The quantitative estimate of drug-likeness (QED) is 0.831. The number of halogens is 1. The van der Waals surface area contributed by atoms with Crippen molar-refractivity contribution in [2.24, 2.45) is 0 Å². The van der Waals surface area contributed by atoms with Crippen molar-refractivity contribution < 1.29 is 4.74 Å². The Bertz CT molecular complexity index is 472. The minimum atomic E-state index is 0.697. The number of thiophene rings is 1. The summed E-state index contributed by atoms with van der Waals surface area (Å²) in [5, 5.41) is 16.0. The molecule has 0 saturated heterocycles. The number of methoxy groups -OCH3 is 1. The highest BCUT2D eigenvalue weighted by Gasteiger charge is 2.10. The zero-order valence-corrected chi connectivity index (χ0v) is 11.7. The van der Waals surface area contributed by atoms with Gasteiger partial charge in [-0.05, 0) is 11.4 Å². The lowest BCUT2D eigenvalue weighted by Gasteiger charge is -1.99. The van der Waals surface area contributed by atoms with Crippen LogP contribution in [0.5, 0.6) is 0 Å². The molecule has 2 aromatic heterocycles. The smallest absolute Gasteiger partial charge is 0.159 e. The predicted octanol–water partition coefficient (Wildman–Crippen LogP) is 2.66. The number of ether oxygens (including phenoxy) is 1. The molecular weight excluding hydrogens is 278 g/mol. The molecule has 0 fully saturated rings.